The second-order valence-corrected chi connectivity index (χ2v) is 9.39. The zero-order valence-electron chi connectivity index (χ0n) is 16.0. The number of benzene rings is 1. The Hall–Kier alpha value is -0.380. The maximum Gasteiger partial charge on any atom is 0.253 e. The first-order chi connectivity index (χ1) is 14.6. The minimum Gasteiger partial charge on any atom is -0.395 e. The summed E-state index contributed by atoms with van der Waals surface area (Å²) in [5, 5.41) is 51.2. The highest BCUT2D eigenvalue weighted by molar-refractivity contribution is 14.1. The number of aliphatic hydroxyl groups is 5. The third kappa shape index (κ3) is 7.57. The fourth-order valence-electron chi connectivity index (χ4n) is 2.35. The quantitative estimate of drug-likeness (QED) is 0.100. The Bertz CT molecular complexity index is 758. The SMILES string of the molecule is O=CN(CCO)c1c(I)c(C(=O)NCC(O)CO)c(I)c(C(=O)NCC(O)CO)c1I. The van der Waals surface area contributed by atoms with Gasteiger partial charge in [-0.05, 0) is 67.8 Å². The molecular formula is C17H22I3N3O8. The number of anilines is 1. The van der Waals surface area contributed by atoms with E-state index in [1.807, 2.05) is 67.8 Å². The van der Waals surface area contributed by atoms with E-state index in [2.05, 4.69) is 10.6 Å². The van der Waals surface area contributed by atoms with Crippen LogP contribution in [0, 0.1) is 10.7 Å². The summed E-state index contributed by atoms with van der Waals surface area (Å²) in [7, 11) is 0. The molecule has 0 fully saturated rings. The molecule has 1 rings (SSSR count). The number of amides is 3. The Morgan fingerprint density at radius 1 is 0.871 bits per heavy atom. The summed E-state index contributed by atoms with van der Waals surface area (Å²) in [5.74, 6) is -1.28. The number of rotatable bonds is 12. The van der Waals surface area contributed by atoms with E-state index in [0.717, 1.165) is 0 Å². The van der Waals surface area contributed by atoms with Crippen molar-refractivity contribution in [3.63, 3.8) is 0 Å². The van der Waals surface area contributed by atoms with E-state index in [0.29, 0.717) is 13.6 Å². The van der Waals surface area contributed by atoms with Gasteiger partial charge < -0.3 is 41.1 Å². The van der Waals surface area contributed by atoms with Gasteiger partial charge in [0.15, 0.2) is 0 Å². The Labute approximate surface area is 219 Å². The molecule has 0 spiro atoms. The number of hydrogen-bond donors (Lipinski definition) is 7. The number of nitrogens with one attached hydrogen (secondary N) is 2. The van der Waals surface area contributed by atoms with Crippen molar-refractivity contribution < 1.29 is 39.9 Å². The zero-order valence-corrected chi connectivity index (χ0v) is 22.5. The minimum atomic E-state index is -1.17. The molecule has 0 bridgehead atoms. The van der Waals surface area contributed by atoms with E-state index in [1.165, 1.54) is 4.90 Å². The van der Waals surface area contributed by atoms with Gasteiger partial charge in [0.2, 0.25) is 6.41 Å². The number of carbonyl (C=O) groups excluding carboxylic acids is 3. The largest absolute Gasteiger partial charge is 0.395 e. The minimum absolute atomic E-state index is 0.0689. The molecule has 14 heteroatoms. The highest BCUT2D eigenvalue weighted by Gasteiger charge is 2.30. The molecule has 3 amide bonds. The highest BCUT2D eigenvalue weighted by atomic mass is 127. The Morgan fingerprint density at radius 3 is 1.61 bits per heavy atom. The lowest BCUT2D eigenvalue weighted by molar-refractivity contribution is -0.107. The number of carbonyl (C=O) groups is 3. The van der Waals surface area contributed by atoms with Crippen LogP contribution in [0.5, 0.6) is 0 Å². The monoisotopic (exact) mass is 777 g/mol. The first kappa shape index (κ1) is 28.7. The molecule has 2 unspecified atom stereocenters. The molecule has 1 aromatic rings. The van der Waals surface area contributed by atoms with E-state index in [1.54, 1.807) is 0 Å². The topological polar surface area (TPSA) is 180 Å². The lowest BCUT2D eigenvalue weighted by Gasteiger charge is -2.25. The normalized spacial score (nSPS) is 12.8. The molecule has 0 aliphatic carbocycles. The number of halogens is 3. The summed E-state index contributed by atoms with van der Waals surface area (Å²) < 4.78 is 0.946. The average Bonchev–Trinajstić information content (AvgIpc) is 2.74. The second-order valence-electron chi connectivity index (χ2n) is 6.16. The van der Waals surface area contributed by atoms with Crippen LogP contribution in [0.1, 0.15) is 20.7 Å². The number of aliphatic hydroxyl groups excluding tert-OH is 5. The van der Waals surface area contributed by atoms with Crippen molar-refractivity contribution in [3.05, 3.63) is 21.8 Å². The van der Waals surface area contributed by atoms with Gasteiger partial charge in [0.05, 0.1) is 56.0 Å². The van der Waals surface area contributed by atoms with Gasteiger partial charge in [0.25, 0.3) is 11.8 Å². The summed E-state index contributed by atoms with van der Waals surface area (Å²) >= 11 is 5.54. The van der Waals surface area contributed by atoms with Crippen molar-refractivity contribution in [2.75, 3.05) is 44.4 Å². The van der Waals surface area contributed by atoms with Crippen molar-refractivity contribution in [2.45, 2.75) is 12.2 Å². The Balaban J connectivity index is 3.59. The van der Waals surface area contributed by atoms with Gasteiger partial charge in [-0.2, -0.15) is 0 Å². The molecule has 7 N–H and O–H groups in total. The molecule has 31 heavy (non-hydrogen) atoms. The third-order valence-electron chi connectivity index (χ3n) is 3.92. The maximum atomic E-state index is 12.8. The van der Waals surface area contributed by atoms with Gasteiger partial charge >= 0.3 is 0 Å². The molecule has 0 aromatic heterocycles. The van der Waals surface area contributed by atoms with E-state index >= 15 is 0 Å². The summed E-state index contributed by atoms with van der Waals surface area (Å²) in [4.78, 5) is 38.5. The third-order valence-corrected chi connectivity index (χ3v) is 7.10. The van der Waals surface area contributed by atoms with E-state index in [4.69, 9.17) is 10.2 Å². The maximum absolute atomic E-state index is 12.8. The van der Waals surface area contributed by atoms with Crippen molar-refractivity contribution in [3.8, 4) is 0 Å². The second kappa shape index (κ2) is 14.0. The van der Waals surface area contributed by atoms with Crippen LogP contribution in [0.4, 0.5) is 5.69 Å². The molecule has 0 heterocycles. The van der Waals surface area contributed by atoms with E-state index < -0.39 is 37.2 Å². The average molecular weight is 777 g/mol. The van der Waals surface area contributed by atoms with E-state index in [9.17, 15) is 29.7 Å². The van der Waals surface area contributed by atoms with Gasteiger partial charge in [0, 0.05) is 23.2 Å². The lowest BCUT2D eigenvalue weighted by Crippen LogP contribution is -2.38. The molecular weight excluding hydrogens is 755 g/mol. The fraction of sp³-hybridized carbons (Fsp3) is 0.471. The molecule has 1 aromatic carbocycles. The van der Waals surface area contributed by atoms with Crippen LogP contribution in [-0.4, -0.2) is 95.4 Å². The molecule has 2 atom stereocenters. The van der Waals surface area contributed by atoms with Gasteiger partial charge in [-0.15, -0.1) is 0 Å². The molecule has 0 radical (unpaired) electrons. The molecule has 174 valence electrons. The standard InChI is InChI=1S/C17H22I3N3O8/c18-12-10(16(30)21-3-8(28)5-25)13(19)15(23(7-27)1-2-24)14(20)11(12)17(31)22-4-9(29)6-26/h7-9,24-26,28-29H,1-6H2,(H,21,30)(H,22,31). The van der Waals surface area contributed by atoms with Crippen molar-refractivity contribution in [2.24, 2.45) is 0 Å². The first-order valence-electron chi connectivity index (χ1n) is 8.81. The van der Waals surface area contributed by atoms with Crippen LogP contribution in [-0.2, 0) is 4.79 Å². The van der Waals surface area contributed by atoms with Crippen molar-refractivity contribution in [1.82, 2.24) is 10.6 Å². The van der Waals surface area contributed by atoms with Crippen LogP contribution in [0.25, 0.3) is 0 Å². The first-order valence-corrected chi connectivity index (χ1v) is 12.1. The molecule has 0 aliphatic heterocycles. The molecule has 0 saturated carbocycles. The predicted molar refractivity (Wildman–Crippen MR) is 136 cm³/mol. The van der Waals surface area contributed by atoms with Crippen molar-refractivity contribution >= 4 is 91.7 Å². The molecule has 11 nitrogen and oxygen atoms in total. The van der Waals surface area contributed by atoms with Crippen LogP contribution >= 0.6 is 67.8 Å². The number of nitrogens with zero attached hydrogens (tertiary/aromatic N) is 1. The van der Waals surface area contributed by atoms with Gasteiger partial charge in [-0.1, -0.05) is 0 Å². The summed E-state index contributed by atoms with van der Waals surface area (Å²) in [5.41, 5.74) is 0.380. The highest BCUT2D eigenvalue weighted by Crippen LogP contribution is 2.37. The van der Waals surface area contributed by atoms with Crippen LogP contribution < -0.4 is 15.5 Å². The summed E-state index contributed by atoms with van der Waals surface area (Å²) in [6.45, 7) is -2.01. The van der Waals surface area contributed by atoms with Gasteiger partial charge in [0.1, 0.15) is 0 Å². The fourth-order valence-corrected chi connectivity index (χ4v) is 7.12. The smallest absolute Gasteiger partial charge is 0.253 e. The van der Waals surface area contributed by atoms with Crippen molar-refractivity contribution in [1.29, 1.82) is 0 Å². The van der Waals surface area contributed by atoms with Crippen LogP contribution in [0.15, 0.2) is 0 Å². The number of hydrogen-bond acceptors (Lipinski definition) is 8. The van der Waals surface area contributed by atoms with Gasteiger partial charge in [-0.3, -0.25) is 14.4 Å². The zero-order chi connectivity index (χ0) is 23.7. The van der Waals surface area contributed by atoms with Crippen LogP contribution in [0.2, 0.25) is 0 Å². The van der Waals surface area contributed by atoms with E-state index in [-0.39, 0.29) is 46.6 Å². The lowest BCUT2D eigenvalue weighted by atomic mass is 10.1. The summed E-state index contributed by atoms with van der Waals surface area (Å²) in [6.07, 6.45) is -1.88. The molecule has 0 aliphatic rings. The Morgan fingerprint density at radius 2 is 1.29 bits per heavy atom. The predicted octanol–water partition coefficient (Wildman–Crippen LogP) is -1.38. The Kier molecular flexibility index (Phi) is 12.9. The molecule has 0 saturated heterocycles. The van der Waals surface area contributed by atoms with Gasteiger partial charge in [-0.25, -0.2) is 0 Å². The summed E-state index contributed by atoms with van der Waals surface area (Å²) in [6, 6.07) is 0. The van der Waals surface area contributed by atoms with Crippen LogP contribution in [0.3, 0.4) is 0 Å².